The second-order valence-corrected chi connectivity index (χ2v) is 7.57. The summed E-state index contributed by atoms with van der Waals surface area (Å²) in [4.78, 5) is 11.2. The number of rotatable bonds is 5. The Balaban J connectivity index is 3.56. The number of amides is 1. The van der Waals surface area contributed by atoms with E-state index in [1.54, 1.807) is 0 Å². The van der Waals surface area contributed by atoms with Gasteiger partial charge in [-0.1, -0.05) is 19.4 Å². The van der Waals surface area contributed by atoms with Crippen LogP contribution in [0, 0.1) is 5.41 Å². The zero-order valence-corrected chi connectivity index (χ0v) is 16.7. The Morgan fingerprint density at radius 1 is 0.714 bits per heavy atom. The van der Waals surface area contributed by atoms with Crippen LogP contribution < -0.4 is 51.6 Å². The maximum Gasteiger partial charge on any atom is 0.266 e. The molecule has 1 aliphatic carbocycles. The van der Waals surface area contributed by atoms with Crippen LogP contribution in [0.4, 0.5) is 0 Å². The molecular weight excluding hydrogens is 358 g/mol. The molecule has 1 amide bonds. The van der Waals surface area contributed by atoms with E-state index >= 15 is 0 Å². The van der Waals surface area contributed by atoms with E-state index in [4.69, 9.17) is 51.6 Å². The summed E-state index contributed by atoms with van der Waals surface area (Å²) in [6.45, 7) is 6.21. The summed E-state index contributed by atoms with van der Waals surface area (Å²) in [7, 11) is 0. The monoisotopic (exact) mass is 391 g/mol. The van der Waals surface area contributed by atoms with Gasteiger partial charge in [-0.05, 0) is 37.2 Å². The highest BCUT2D eigenvalue weighted by Gasteiger charge is 2.31. The maximum absolute atomic E-state index is 11.2. The average molecular weight is 392 g/mol. The van der Waals surface area contributed by atoms with Gasteiger partial charge >= 0.3 is 0 Å². The summed E-state index contributed by atoms with van der Waals surface area (Å²) >= 11 is 0. The van der Waals surface area contributed by atoms with E-state index in [9.17, 15) is 4.79 Å². The molecule has 0 saturated carbocycles. The van der Waals surface area contributed by atoms with Crippen molar-refractivity contribution in [3.8, 4) is 0 Å². The Morgan fingerprint density at radius 2 is 1.11 bits per heavy atom. The van der Waals surface area contributed by atoms with Crippen LogP contribution in [0.1, 0.15) is 40.0 Å². The molecule has 0 aromatic carbocycles. The van der Waals surface area contributed by atoms with Crippen LogP contribution in [-0.2, 0) is 4.79 Å². The number of carbonyl (C=O) groups is 1. The fourth-order valence-corrected chi connectivity index (χ4v) is 3.36. The van der Waals surface area contributed by atoms with Gasteiger partial charge in [0.15, 0.2) is 0 Å². The zero-order chi connectivity index (χ0) is 22.0. The van der Waals surface area contributed by atoms with Crippen LogP contribution in [-0.4, -0.2) is 5.91 Å². The molecule has 0 fully saturated rings. The summed E-state index contributed by atoms with van der Waals surface area (Å²) in [6, 6.07) is 0. The lowest BCUT2D eigenvalue weighted by molar-refractivity contribution is -0.114. The smallest absolute Gasteiger partial charge is 0.266 e. The number of primary amides is 1. The van der Waals surface area contributed by atoms with Crippen molar-refractivity contribution < 1.29 is 4.79 Å². The largest absolute Gasteiger partial charge is 0.397 e. The summed E-state index contributed by atoms with van der Waals surface area (Å²) in [5.41, 5.74) is 53.7. The predicted octanol–water partition coefficient (Wildman–Crippen LogP) is -1.49. The van der Waals surface area contributed by atoms with Crippen LogP contribution in [0.5, 0.6) is 0 Å². The summed E-state index contributed by atoms with van der Waals surface area (Å²) < 4.78 is 0. The number of hydrogen-bond acceptors (Lipinski definition) is 9. The predicted molar refractivity (Wildman–Crippen MR) is 111 cm³/mol. The Hall–Kier alpha value is -3.43. The molecule has 0 aromatic rings. The minimum atomic E-state index is -0.950. The molecular formula is C18H33N9O. The Kier molecular flexibility index (Phi) is 6.52. The van der Waals surface area contributed by atoms with Crippen molar-refractivity contribution in [1.82, 2.24) is 0 Å². The number of carbonyl (C=O) groups excluding carboxylic acids is 1. The lowest BCUT2D eigenvalue weighted by Gasteiger charge is -2.35. The van der Waals surface area contributed by atoms with Gasteiger partial charge in [0.1, 0.15) is 5.70 Å². The summed E-state index contributed by atoms with van der Waals surface area (Å²) in [6.07, 6.45) is 2.96. The minimum Gasteiger partial charge on any atom is -0.397 e. The first-order valence-electron chi connectivity index (χ1n) is 8.76. The lowest BCUT2D eigenvalue weighted by Crippen LogP contribution is -2.31. The topological polar surface area (TPSA) is 251 Å². The molecule has 156 valence electrons. The van der Waals surface area contributed by atoms with Gasteiger partial charge in [-0.25, -0.2) is 0 Å². The quantitative estimate of drug-likeness (QED) is 0.195. The van der Waals surface area contributed by atoms with Crippen molar-refractivity contribution in [1.29, 1.82) is 0 Å². The molecule has 0 bridgehead atoms. The van der Waals surface area contributed by atoms with Gasteiger partial charge in [-0.3, -0.25) is 4.79 Å². The standard InChI is InChI=1S/C18H33N9O/c1-7-5-4-6-18(2,3)8(7)9(19)10(20)11(21)12(22)13(23)14(24)15(25)16(26)17(27)28/h4-6,19-26H2,1-3H3,(H2,27,28)/b10-9+,12-11+,14-13-,16-15+. The van der Waals surface area contributed by atoms with Gasteiger partial charge in [0.05, 0.1) is 39.9 Å². The van der Waals surface area contributed by atoms with Crippen LogP contribution in [0.25, 0.3) is 0 Å². The first-order chi connectivity index (χ1) is 12.7. The van der Waals surface area contributed by atoms with Gasteiger partial charge < -0.3 is 51.6 Å². The molecule has 0 radical (unpaired) electrons. The zero-order valence-electron chi connectivity index (χ0n) is 16.7. The highest BCUT2D eigenvalue weighted by atomic mass is 16.1. The maximum atomic E-state index is 11.2. The fourth-order valence-electron chi connectivity index (χ4n) is 3.36. The molecule has 1 aliphatic rings. The highest BCUT2D eigenvalue weighted by Crippen LogP contribution is 2.43. The Labute approximate surface area is 165 Å². The highest BCUT2D eigenvalue weighted by molar-refractivity contribution is 5.92. The van der Waals surface area contributed by atoms with Crippen molar-refractivity contribution in [2.24, 2.45) is 57.0 Å². The summed E-state index contributed by atoms with van der Waals surface area (Å²) in [5, 5.41) is 0. The molecule has 0 aliphatic heterocycles. The van der Waals surface area contributed by atoms with Gasteiger partial charge in [-0.15, -0.1) is 0 Å². The van der Waals surface area contributed by atoms with Crippen LogP contribution in [0.15, 0.2) is 56.7 Å². The van der Waals surface area contributed by atoms with Crippen molar-refractivity contribution in [3.63, 3.8) is 0 Å². The SMILES string of the molecule is CC1=C(/C(N)=C(N)/C(N)=C(N)/C(N)=C(N)\C(N)=C(/N)C(N)=O)C(C)(C)CCC1. The van der Waals surface area contributed by atoms with Crippen molar-refractivity contribution >= 4 is 5.91 Å². The van der Waals surface area contributed by atoms with Crippen LogP contribution >= 0.6 is 0 Å². The van der Waals surface area contributed by atoms with E-state index in [0.717, 1.165) is 30.4 Å². The Morgan fingerprint density at radius 3 is 1.50 bits per heavy atom. The third-order valence-corrected chi connectivity index (χ3v) is 5.02. The number of nitrogens with two attached hydrogens (primary N) is 9. The van der Waals surface area contributed by atoms with E-state index in [1.807, 2.05) is 6.92 Å². The van der Waals surface area contributed by atoms with E-state index in [-0.39, 0.29) is 39.6 Å². The molecule has 0 unspecified atom stereocenters. The number of allylic oxidation sites excluding steroid dienone is 2. The third-order valence-electron chi connectivity index (χ3n) is 5.02. The molecule has 0 spiro atoms. The molecule has 28 heavy (non-hydrogen) atoms. The van der Waals surface area contributed by atoms with Crippen LogP contribution in [0.3, 0.4) is 0 Å². The van der Waals surface area contributed by atoms with E-state index < -0.39 is 11.6 Å². The van der Waals surface area contributed by atoms with Crippen LogP contribution in [0.2, 0.25) is 0 Å². The molecule has 10 heteroatoms. The first kappa shape index (κ1) is 22.6. The molecule has 0 atom stereocenters. The van der Waals surface area contributed by atoms with E-state index in [2.05, 4.69) is 13.8 Å². The summed E-state index contributed by atoms with van der Waals surface area (Å²) in [5.74, 6) is -0.950. The van der Waals surface area contributed by atoms with Gasteiger partial charge in [0.25, 0.3) is 5.91 Å². The van der Waals surface area contributed by atoms with E-state index in [0.29, 0.717) is 5.70 Å². The molecule has 0 heterocycles. The van der Waals surface area contributed by atoms with Gasteiger partial charge in [0, 0.05) is 0 Å². The second kappa shape index (κ2) is 8.07. The molecule has 0 saturated heterocycles. The third kappa shape index (κ3) is 4.27. The van der Waals surface area contributed by atoms with Gasteiger partial charge in [-0.2, -0.15) is 0 Å². The first-order valence-corrected chi connectivity index (χ1v) is 8.76. The van der Waals surface area contributed by atoms with Crippen molar-refractivity contribution in [3.05, 3.63) is 56.7 Å². The molecule has 0 aromatic heterocycles. The number of hydrogen-bond donors (Lipinski definition) is 9. The molecule has 18 N–H and O–H groups in total. The minimum absolute atomic E-state index is 0.0509. The normalized spacial score (nSPS) is 20.5. The Bertz CT molecular complexity index is 841. The average Bonchev–Trinajstić information content (AvgIpc) is 2.62. The van der Waals surface area contributed by atoms with Gasteiger partial charge in [0.2, 0.25) is 0 Å². The van der Waals surface area contributed by atoms with Crippen molar-refractivity contribution in [2.45, 2.75) is 40.0 Å². The lowest BCUT2D eigenvalue weighted by atomic mass is 9.71. The van der Waals surface area contributed by atoms with E-state index in [1.165, 1.54) is 0 Å². The fraction of sp³-hybridized carbons (Fsp3) is 0.389. The molecule has 10 nitrogen and oxygen atoms in total. The van der Waals surface area contributed by atoms with Crippen molar-refractivity contribution in [2.75, 3.05) is 0 Å². The second-order valence-electron chi connectivity index (χ2n) is 7.57. The molecule has 1 rings (SSSR count).